The zero-order chi connectivity index (χ0) is 13.5. The van der Waals surface area contributed by atoms with Gasteiger partial charge in [-0.1, -0.05) is 45.2 Å². The third-order valence-corrected chi connectivity index (χ3v) is 3.86. The van der Waals surface area contributed by atoms with E-state index >= 15 is 0 Å². The zero-order valence-corrected chi connectivity index (χ0v) is 12.7. The summed E-state index contributed by atoms with van der Waals surface area (Å²) in [6.45, 7) is 10.8. The van der Waals surface area contributed by atoms with Gasteiger partial charge in [0.05, 0.1) is 0 Å². The molecule has 0 fully saturated rings. The summed E-state index contributed by atoms with van der Waals surface area (Å²) in [4.78, 5) is 10.8. The second-order valence-electron chi connectivity index (χ2n) is 4.54. The average Bonchev–Trinajstić information content (AvgIpc) is 2.40. The van der Waals surface area contributed by atoms with Gasteiger partial charge in [0.2, 0.25) is 0 Å². The number of nitrogens with zero attached hydrogens (tertiary/aromatic N) is 3. The topological polar surface area (TPSA) is 29.0 Å². The van der Waals surface area contributed by atoms with E-state index in [1.807, 2.05) is 0 Å². The molecule has 0 N–H and O–H groups in total. The monoisotopic (exact) mass is 269 g/mol. The molecule has 0 aliphatic heterocycles. The van der Waals surface area contributed by atoms with Crippen LogP contribution in [0.25, 0.3) is 0 Å². The normalized spacial score (nSPS) is 11.0. The molecule has 0 aliphatic rings. The molecule has 1 heterocycles. The van der Waals surface area contributed by atoms with E-state index in [9.17, 15) is 0 Å². The van der Waals surface area contributed by atoms with Gasteiger partial charge in [-0.3, -0.25) is 0 Å². The number of halogens is 1. The van der Waals surface area contributed by atoms with Crippen LogP contribution in [0.2, 0.25) is 5.15 Å². The van der Waals surface area contributed by atoms with Crippen LogP contribution in [0, 0.1) is 5.92 Å². The Morgan fingerprint density at radius 1 is 1.17 bits per heavy atom. The summed E-state index contributed by atoms with van der Waals surface area (Å²) in [5.41, 5.74) is 1.06. The van der Waals surface area contributed by atoms with Crippen LogP contribution in [0.3, 0.4) is 0 Å². The van der Waals surface area contributed by atoms with Crippen molar-refractivity contribution >= 4 is 17.4 Å². The fraction of sp³-hybridized carbons (Fsp3) is 0.714. The second-order valence-corrected chi connectivity index (χ2v) is 4.90. The smallest absolute Gasteiger partial charge is 0.137 e. The fourth-order valence-corrected chi connectivity index (χ4v) is 2.44. The summed E-state index contributed by atoms with van der Waals surface area (Å²) in [6, 6.07) is 0. The van der Waals surface area contributed by atoms with Crippen LogP contribution in [0.15, 0.2) is 6.33 Å². The molecule has 0 radical (unpaired) electrons. The van der Waals surface area contributed by atoms with E-state index in [0.29, 0.717) is 11.1 Å². The van der Waals surface area contributed by atoms with Crippen molar-refractivity contribution in [3.8, 4) is 0 Å². The largest absolute Gasteiger partial charge is 0.356 e. The molecule has 0 saturated carbocycles. The summed E-state index contributed by atoms with van der Waals surface area (Å²) in [6.07, 6.45) is 4.83. The van der Waals surface area contributed by atoms with Gasteiger partial charge in [0.15, 0.2) is 0 Å². The molecule has 0 aromatic carbocycles. The predicted octanol–water partition coefficient (Wildman–Crippen LogP) is 3.95. The van der Waals surface area contributed by atoms with Crippen molar-refractivity contribution in [1.29, 1.82) is 0 Å². The number of aromatic nitrogens is 2. The maximum atomic E-state index is 6.16. The summed E-state index contributed by atoms with van der Waals surface area (Å²) < 4.78 is 0. The lowest BCUT2D eigenvalue weighted by molar-refractivity contribution is 0.484. The highest BCUT2D eigenvalue weighted by atomic mass is 35.5. The van der Waals surface area contributed by atoms with E-state index in [2.05, 4.69) is 42.6 Å². The van der Waals surface area contributed by atoms with E-state index in [1.54, 1.807) is 6.33 Å². The van der Waals surface area contributed by atoms with Gasteiger partial charge in [0, 0.05) is 18.7 Å². The van der Waals surface area contributed by atoms with Crippen molar-refractivity contribution in [2.24, 2.45) is 5.92 Å². The fourth-order valence-electron chi connectivity index (χ4n) is 2.18. The first-order valence-corrected chi connectivity index (χ1v) is 7.29. The van der Waals surface area contributed by atoms with Crippen molar-refractivity contribution in [3.05, 3.63) is 17.0 Å². The summed E-state index contributed by atoms with van der Waals surface area (Å²) in [5.74, 6) is 1.72. The predicted molar refractivity (Wildman–Crippen MR) is 78.4 cm³/mol. The van der Waals surface area contributed by atoms with Crippen LogP contribution in [0.1, 0.15) is 46.1 Å². The Balaban J connectivity index is 2.97. The summed E-state index contributed by atoms with van der Waals surface area (Å²) in [5, 5.41) is 0.588. The molecular formula is C14H24ClN3. The van der Waals surface area contributed by atoms with Crippen LogP contribution < -0.4 is 4.90 Å². The Morgan fingerprint density at radius 2 is 1.83 bits per heavy atom. The second kappa shape index (κ2) is 7.57. The van der Waals surface area contributed by atoms with Crippen LogP contribution >= 0.6 is 11.6 Å². The molecule has 1 aromatic rings. The van der Waals surface area contributed by atoms with Crippen LogP contribution in [-0.4, -0.2) is 23.1 Å². The third kappa shape index (κ3) is 3.58. The standard InChI is InChI=1S/C14H24ClN3/c1-5-11(6-2)9-18(8-4)14-12(7-3)13(15)16-10-17-14/h10-11H,5-9H2,1-4H3. The molecule has 0 aliphatic carbocycles. The van der Waals surface area contributed by atoms with E-state index < -0.39 is 0 Å². The van der Waals surface area contributed by atoms with Gasteiger partial charge in [-0.05, 0) is 19.3 Å². The first-order chi connectivity index (χ1) is 8.67. The number of hydrogen-bond acceptors (Lipinski definition) is 3. The van der Waals surface area contributed by atoms with Crippen molar-refractivity contribution in [2.45, 2.75) is 47.0 Å². The van der Waals surface area contributed by atoms with Crippen molar-refractivity contribution in [1.82, 2.24) is 9.97 Å². The Labute approximate surface area is 116 Å². The van der Waals surface area contributed by atoms with Crippen molar-refractivity contribution in [3.63, 3.8) is 0 Å². The van der Waals surface area contributed by atoms with E-state index in [0.717, 1.165) is 30.9 Å². The maximum absolute atomic E-state index is 6.16. The summed E-state index contributed by atoms with van der Waals surface area (Å²) >= 11 is 6.16. The van der Waals surface area contributed by atoms with Crippen molar-refractivity contribution < 1.29 is 0 Å². The molecule has 0 bridgehead atoms. The highest BCUT2D eigenvalue weighted by Crippen LogP contribution is 2.25. The lowest BCUT2D eigenvalue weighted by atomic mass is 10.0. The van der Waals surface area contributed by atoms with Gasteiger partial charge < -0.3 is 4.90 Å². The van der Waals surface area contributed by atoms with Gasteiger partial charge in [-0.15, -0.1) is 0 Å². The SMILES string of the molecule is CCc1c(Cl)ncnc1N(CC)CC(CC)CC. The van der Waals surface area contributed by atoms with Crippen LogP contribution in [0.5, 0.6) is 0 Å². The lowest BCUT2D eigenvalue weighted by Crippen LogP contribution is -2.30. The van der Waals surface area contributed by atoms with E-state index in [4.69, 9.17) is 11.6 Å². The quantitative estimate of drug-likeness (QED) is 0.702. The average molecular weight is 270 g/mol. The first-order valence-electron chi connectivity index (χ1n) is 6.92. The molecule has 0 unspecified atom stereocenters. The van der Waals surface area contributed by atoms with Gasteiger partial charge in [0.1, 0.15) is 17.3 Å². The number of hydrogen-bond donors (Lipinski definition) is 0. The summed E-state index contributed by atoms with van der Waals surface area (Å²) in [7, 11) is 0. The van der Waals surface area contributed by atoms with Gasteiger partial charge in [-0.2, -0.15) is 0 Å². The number of rotatable bonds is 7. The Bertz CT molecular complexity index is 364. The van der Waals surface area contributed by atoms with Gasteiger partial charge in [-0.25, -0.2) is 9.97 Å². The molecule has 0 spiro atoms. The molecule has 18 heavy (non-hydrogen) atoms. The lowest BCUT2D eigenvalue weighted by Gasteiger charge is -2.28. The number of anilines is 1. The van der Waals surface area contributed by atoms with Gasteiger partial charge in [0.25, 0.3) is 0 Å². The molecule has 0 saturated heterocycles. The molecule has 102 valence electrons. The van der Waals surface area contributed by atoms with E-state index in [1.165, 1.54) is 12.8 Å². The zero-order valence-electron chi connectivity index (χ0n) is 11.9. The van der Waals surface area contributed by atoms with Gasteiger partial charge >= 0.3 is 0 Å². The third-order valence-electron chi connectivity index (χ3n) is 3.54. The molecule has 0 atom stereocenters. The Morgan fingerprint density at radius 3 is 2.33 bits per heavy atom. The molecule has 1 aromatic heterocycles. The molecule has 4 heteroatoms. The Kier molecular flexibility index (Phi) is 6.41. The van der Waals surface area contributed by atoms with Crippen LogP contribution in [-0.2, 0) is 6.42 Å². The van der Waals surface area contributed by atoms with Crippen molar-refractivity contribution in [2.75, 3.05) is 18.0 Å². The minimum Gasteiger partial charge on any atom is -0.356 e. The maximum Gasteiger partial charge on any atom is 0.137 e. The van der Waals surface area contributed by atoms with E-state index in [-0.39, 0.29) is 0 Å². The first kappa shape index (κ1) is 15.2. The Hall–Kier alpha value is -0.830. The minimum absolute atomic E-state index is 0.588. The molecule has 3 nitrogen and oxygen atoms in total. The molecule has 1 rings (SSSR count). The minimum atomic E-state index is 0.588. The van der Waals surface area contributed by atoms with Crippen LogP contribution in [0.4, 0.5) is 5.82 Å². The highest BCUT2D eigenvalue weighted by Gasteiger charge is 2.16. The molecular weight excluding hydrogens is 246 g/mol. The highest BCUT2D eigenvalue weighted by molar-refractivity contribution is 6.30. The molecule has 0 amide bonds.